The second-order valence-corrected chi connectivity index (χ2v) is 4.95. The van der Waals surface area contributed by atoms with E-state index < -0.39 is 0 Å². The molecule has 1 unspecified atom stereocenters. The fourth-order valence-corrected chi connectivity index (χ4v) is 1.43. The lowest BCUT2D eigenvalue weighted by Gasteiger charge is -2.08. The number of rotatable bonds is 11. The lowest BCUT2D eigenvalue weighted by Crippen LogP contribution is -2.10. The standard InChI is InChI=1S/C15H28O4/c1-4-6-11-18-14(16)8-7-9-15(17)19-12-10-13(3)5-2/h13H,4-12H2,1-3H3. The quantitative estimate of drug-likeness (QED) is 0.427. The molecular formula is C15H28O4. The summed E-state index contributed by atoms with van der Waals surface area (Å²) in [4.78, 5) is 22.6. The highest BCUT2D eigenvalue weighted by Gasteiger charge is 2.07. The fraction of sp³-hybridized carbons (Fsp3) is 0.867. The highest BCUT2D eigenvalue weighted by atomic mass is 16.5. The van der Waals surface area contributed by atoms with Crippen LogP contribution in [0.1, 0.15) is 65.7 Å². The molecule has 0 aromatic heterocycles. The zero-order valence-corrected chi connectivity index (χ0v) is 12.6. The van der Waals surface area contributed by atoms with Crippen molar-refractivity contribution in [2.24, 2.45) is 5.92 Å². The molecule has 0 aliphatic carbocycles. The third-order valence-corrected chi connectivity index (χ3v) is 3.09. The highest BCUT2D eigenvalue weighted by molar-refractivity contribution is 5.72. The van der Waals surface area contributed by atoms with Gasteiger partial charge in [-0.1, -0.05) is 33.6 Å². The summed E-state index contributed by atoms with van der Waals surface area (Å²) in [7, 11) is 0. The first-order valence-electron chi connectivity index (χ1n) is 7.41. The Hall–Kier alpha value is -1.06. The van der Waals surface area contributed by atoms with Crippen molar-refractivity contribution in [1.82, 2.24) is 0 Å². The number of ether oxygens (including phenoxy) is 2. The normalized spacial score (nSPS) is 11.9. The first-order valence-corrected chi connectivity index (χ1v) is 7.41. The minimum absolute atomic E-state index is 0.218. The van der Waals surface area contributed by atoms with E-state index >= 15 is 0 Å². The van der Waals surface area contributed by atoms with Crippen LogP contribution in [0.5, 0.6) is 0 Å². The number of carbonyl (C=O) groups excluding carboxylic acids is 2. The highest BCUT2D eigenvalue weighted by Crippen LogP contribution is 2.07. The van der Waals surface area contributed by atoms with Gasteiger partial charge in [-0.3, -0.25) is 9.59 Å². The summed E-state index contributed by atoms with van der Waals surface area (Å²) >= 11 is 0. The van der Waals surface area contributed by atoms with Crippen molar-refractivity contribution in [2.45, 2.75) is 65.7 Å². The third-order valence-electron chi connectivity index (χ3n) is 3.09. The lowest BCUT2D eigenvalue weighted by molar-refractivity contribution is -0.145. The van der Waals surface area contributed by atoms with Gasteiger partial charge < -0.3 is 9.47 Å². The summed E-state index contributed by atoms with van der Waals surface area (Å²) in [5.41, 5.74) is 0. The molecule has 0 fully saturated rings. The maximum atomic E-state index is 11.4. The Morgan fingerprint density at radius 2 is 1.53 bits per heavy atom. The summed E-state index contributed by atoms with van der Waals surface area (Å²) < 4.78 is 10.1. The molecule has 0 amide bonds. The van der Waals surface area contributed by atoms with Crippen LogP contribution in [0.4, 0.5) is 0 Å². The molecule has 0 radical (unpaired) electrons. The molecule has 0 rings (SSSR count). The van der Waals surface area contributed by atoms with Gasteiger partial charge in [0.1, 0.15) is 0 Å². The second kappa shape index (κ2) is 12.0. The summed E-state index contributed by atoms with van der Waals surface area (Å²) in [5.74, 6) is 0.145. The molecule has 0 saturated heterocycles. The molecule has 1 atom stereocenters. The maximum absolute atomic E-state index is 11.4. The summed E-state index contributed by atoms with van der Waals surface area (Å²) in [6.07, 6.45) is 5.00. The first kappa shape index (κ1) is 17.9. The van der Waals surface area contributed by atoms with Gasteiger partial charge in [-0.25, -0.2) is 0 Å². The van der Waals surface area contributed by atoms with Crippen LogP contribution >= 0.6 is 0 Å². The fourth-order valence-electron chi connectivity index (χ4n) is 1.43. The second-order valence-electron chi connectivity index (χ2n) is 4.95. The van der Waals surface area contributed by atoms with Crippen LogP contribution < -0.4 is 0 Å². The molecule has 4 heteroatoms. The van der Waals surface area contributed by atoms with Crippen LogP contribution in [0.3, 0.4) is 0 Å². The Morgan fingerprint density at radius 1 is 0.947 bits per heavy atom. The average Bonchev–Trinajstić information content (AvgIpc) is 2.38. The summed E-state index contributed by atoms with van der Waals surface area (Å²) in [6.45, 7) is 7.27. The van der Waals surface area contributed by atoms with Crippen LogP contribution in [-0.4, -0.2) is 25.2 Å². The predicted molar refractivity (Wildman–Crippen MR) is 74.7 cm³/mol. The van der Waals surface area contributed by atoms with Crippen molar-refractivity contribution in [3.05, 3.63) is 0 Å². The van der Waals surface area contributed by atoms with E-state index in [4.69, 9.17) is 9.47 Å². The van der Waals surface area contributed by atoms with Gasteiger partial charge in [-0.2, -0.15) is 0 Å². The molecule has 0 aliphatic rings. The molecular weight excluding hydrogens is 244 g/mol. The van der Waals surface area contributed by atoms with Gasteiger partial charge in [-0.05, 0) is 25.2 Å². The topological polar surface area (TPSA) is 52.6 Å². The van der Waals surface area contributed by atoms with Crippen LogP contribution in [0.15, 0.2) is 0 Å². The van der Waals surface area contributed by atoms with Gasteiger partial charge in [0.15, 0.2) is 0 Å². The molecule has 0 aromatic rings. The Morgan fingerprint density at radius 3 is 2.05 bits per heavy atom. The van der Waals surface area contributed by atoms with Crippen molar-refractivity contribution in [2.75, 3.05) is 13.2 Å². The van der Waals surface area contributed by atoms with Gasteiger partial charge in [0.05, 0.1) is 13.2 Å². The van der Waals surface area contributed by atoms with Gasteiger partial charge in [0.2, 0.25) is 0 Å². The van der Waals surface area contributed by atoms with E-state index in [1.807, 2.05) is 6.92 Å². The Kier molecular flexibility index (Phi) is 11.3. The lowest BCUT2D eigenvalue weighted by atomic mass is 10.1. The minimum atomic E-state index is -0.221. The van der Waals surface area contributed by atoms with Gasteiger partial charge in [-0.15, -0.1) is 0 Å². The average molecular weight is 272 g/mol. The van der Waals surface area contributed by atoms with Crippen molar-refractivity contribution >= 4 is 11.9 Å². The number of esters is 2. The number of hydrogen-bond donors (Lipinski definition) is 0. The number of carbonyl (C=O) groups is 2. The van der Waals surface area contributed by atoms with E-state index in [1.165, 1.54) is 0 Å². The molecule has 0 N–H and O–H groups in total. The zero-order valence-electron chi connectivity index (χ0n) is 12.6. The minimum Gasteiger partial charge on any atom is -0.466 e. The molecule has 0 spiro atoms. The molecule has 19 heavy (non-hydrogen) atoms. The van der Waals surface area contributed by atoms with Crippen molar-refractivity contribution in [1.29, 1.82) is 0 Å². The Labute approximate surface area is 116 Å². The van der Waals surface area contributed by atoms with E-state index in [9.17, 15) is 9.59 Å². The smallest absolute Gasteiger partial charge is 0.305 e. The van der Waals surface area contributed by atoms with E-state index in [2.05, 4.69) is 13.8 Å². The van der Waals surface area contributed by atoms with Crippen molar-refractivity contribution in [3.63, 3.8) is 0 Å². The first-order chi connectivity index (χ1) is 9.10. The van der Waals surface area contributed by atoms with Crippen LogP contribution in [-0.2, 0) is 19.1 Å². The molecule has 0 aromatic carbocycles. The molecule has 112 valence electrons. The predicted octanol–water partition coefficient (Wildman–Crippen LogP) is 3.48. The molecule has 0 bridgehead atoms. The molecule has 0 aliphatic heterocycles. The third kappa shape index (κ3) is 11.7. The summed E-state index contributed by atoms with van der Waals surface area (Å²) in [6, 6.07) is 0. The zero-order chi connectivity index (χ0) is 14.5. The van der Waals surface area contributed by atoms with Gasteiger partial charge >= 0.3 is 11.9 Å². The van der Waals surface area contributed by atoms with E-state index in [0.717, 1.165) is 25.7 Å². The largest absolute Gasteiger partial charge is 0.466 e. The molecule has 4 nitrogen and oxygen atoms in total. The monoisotopic (exact) mass is 272 g/mol. The van der Waals surface area contributed by atoms with E-state index in [-0.39, 0.29) is 11.9 Å². The van der Waals surface area contributed by atoms with Crippen LogP contribution in [0, 0.1) is 5.92 Å². The number of hydrogen-bond acceptors (Lipinski definition) is 4. The molecule has 0 saturated carbocycles. The van der Waals surface area contributed by atoms with Crippen molar-refractivity contribution < 1.29 is 19.1 Å². The Balaban J connectivity index is 3.44. The van der Waals surface area contributed by atoms with Crippen molar-refractivity contribution in [3.8, 4) is 0 Å². The maximum Gasteiger partial charge on any atom is 0.305 e. The van der Waals surface area contributed by atoms with Gasteiger partial charge in [0, 0.05) is 12.8 Å². The van der Waals surface area contributed by atoms with Crippen LogP contribution in [0.25, 0.3) is 0 Å². The summed E-state index contributed by atoms with van der Waals surface area (Å²) in [5, 5.41) is 0. The van der Waals surface area contributed by atoms with E-state index in [1.54, 1.807) is 0 Å². The van der Waals surface area contributed by atoms with E-state index in [0.29, 0.717) is 38.4 Å². The van der Waals surface area contributed by atoms with Crippen LogP contribution in [0.2, 0.25) is 0 Å². The van der Waals surface area contributed by atoms with Gasteiger partial charge in [0.25, 0.3) is 0 Å². The number of unbranched alkanes of at least 4 members (excludes halogenated alkanes) is 1. The SMILES string of the molecule is CCCCOC(=O)CCCC(=O)OCCC(C)CC. The molecule has 0 heterocycles. The Bertz CT molecular complexity index is 251.